The van der Waals surface area contributed by atoms with Gasteiger partial charge in [-0.1, -0.05) is 43.3 Å². The molecule has 5 rings (SSSR count). The quantitative estimate of drug-likeness (QED) is 0.0278. The van der Waals surface area contributed by atoms with Crippen LogP contribution in [0.25, 0.3) is 0 Å². The first-order chi connectivity index (χ1) is 32.4. The summed E-state index contributed by atoms with van der Waals surface area (Å²) in [5.41, 5.74) is -0.107. The summed E-state index contributed by atoms with van der Waals surface area (Å²) in [6, 6.07) is 3.87. The third kappa shape index (κ3) is 15.5. The van der Waals surface area contributed by atoms with Gasteiger partial charge in [0.25, 0.3) is 0 Å². The van der Waals surface area contributed by atoms with Crippen LogP contribution in [0.15, 0.2) is 69.1 Å². The SMILES string of the molecule is C=CC(=O)OCCCCOC(=O)C1CCC(C2CCC(C(=O)O/C(=C/C)C3=C(C(=C)OC(=O)C4CCC(C5CCC(C(=O)OCCOC(=O)C=C)CC5)CC4)SC(=C(C#N)C#N)S3)CC2)CC1. The number of carbonyl (C=O) groups is 6. The molecule has 1 aliphatic heterocycles. The Balaban J connectivity index is 1.07. The summed E-state index contributed by atoms with van der Waals surface area (Å²) in [5.74, 6) is -0.975. The van der Waals surface area contributed by atoms with Crippen LogP contribution in [0.5, 0.6) is 0 Å². The first kappa shape index (κ1) is 52.9. The molecule has 16 heteroatoms. The van der Waals surface area contributed by atoms with E-state index in [1.807, 2.05) is 12.1 Å². The standard InChI is InChI=1S/C51H64N2O12S2/c1-5-42(65-50(59)40-24-16-36(17-25-40)33-10-18-37(19-11-33)47(56)62-27-9-8-26-60-43(54)6-2)46-45(66-51(67-46)41(30-52)31-53)32(4)64-49(58)39-22-14-35(15-23-39)34-12-20-38(21-13-34)48(57)63-29-28-61-44(55)7-3/h5-7,33-40H,2-4,8-29H2,1H3/b42-5+. The Morgan fingerprint density at radius 1 is 0.537 bits per heavy atom. The molecule has 0 spiro atoms. The smallest absolute Gasteiger partial charge is 0.330 e. The molecule has 0 saturated heterocycles. The fourth-order valence-electron chi connectivity index (χ4n) is 10.0. The van der Waals surface area contributed by atoms with Gasteiger partial charge in [-0.15, -0.1) is 0 Å². The number of unbranched alkanes of at least 4 members (excludes halogenated alkanes) is 1. The highest BCUT2D eigenvalue weighted by Gasteiger charge is 2.39. The summed E-state index contributed by atoms with van der Waals surface area (Å²) in [4.78, 5) is 75.8. The molecule has 5 aliphatic rings. The Hall–Kier alpha value is -5.06. The Morgan fingerprint density at radius 2 is 0.896 bits per heavy atom. The van der Waals surface area contributed by atoms with Crippen LogP contribution in [-0.4, -0.2) is 62.2 Å². The zero-order chi connectivity index (χ0) is 48.3. The van der Waals surface area contributed by atoms with Crippen molar-refractivity contribution in [2.45, 2.75) is 122 Å². The molecular formula is C51H64N2O12S2. The van der Waals surface area contributed by atoms with Gasteiger partial charge >= 0.3 is 35.8 Å². The second-order valence-electron chi connectivity index (χ2n) is 17.9. The van der Waals surface area contributed by atoms with Crippen molar-refractivity contribution in [2.75, 3.05) is 26.4 Å². The zero-order valence-corrected chi connectivity index (χ0v) is 40.3. The van der Waals surface area contributed by atoms with E-state index in [1.165, 1.54) is 0 Å². The van der Waals surface area contributed by atoms with E-state index in [1.54, 1.807) is 13.0 Å². The molecular weight excluding hydrogens is 897 g/mol. The van der Waals surface area contributed by atoms with Gasteiger partial charge in [-0.3, -0.25) is 19.2 Å². The van der Waals surface area contributed by atoms with Gasteiger partial charge in [-0.05, 0) is 152 Å². The fraction of sp³-hybridized carbons (Fsp3) is 0.608. The van der Waals surface area contributed by atoms with Gasteiger partial charge in [0.2, 0.25) is 0 Å². The average molecular weight is 961 g/mol. The maximum Gasteiger partial charge on any atom is 0.330 e. The van der Waals surface area contributed by atoms with Crippen LogP contribution in [-0.2, 0) is 57.2 Å². The van der Waals surface area contributed by atoms with Gasteiger partial charge < -0.3 is 28.4 Å². The van der Waals surface area contributed by atoms with E-state index >= 15 is 0 Å². The summed E-state index contributed by atoms with van der Waals surface area (Å²) >= 11 is 2.22. The van der Waals surface area contributed by atoms with Gasteiger partial charge in [-0.2, -0.15) is 10.5 Å². The van der Waals surface area contributed by atoms with Crippen molar-refractivity contribution in [2.24, 2.45) is 47.3 Å². The van der Waals surface area contributed by atoms with Crippen LogP contribution < -0.4 is 0 Å². The minimum absolute atomic E-state index is 0.00546. The van der Waals surface area contributed by atoms with Crippen molar-refractivity contribution in [1.82, 2.24) is 0 Å². The number of esters is 6. The van der Waals surface area contributed by atoms with Crippen LogP contribution in [0.4, 0.5) is 0 Å². The van der Waals surface area contributed by atoms with Crippen LogP contribution in [0.3, 0.4) is 0 Å². The lowest BCUT2D eigenvalue weighted by molar-refractivity contribution is -0.154. The highest BCUT2D eigenvalue weighted by Crippen LogP contribution is 2.56. The molecule has 0 bridgehead atoms. The first-order valence-corrected chi connectivity index (χ1v) is 25.4. The number of hydrogen-bond acceptors (Lipinski definition) is 16. The van der Waals surface area contributed by atoms with Crippen molar-refractivity contribution in [3.63, 3.8) is 0 Å². The lowest BCUT2D eigenvalue weighted by atomic mass is 9.69. The van der Waals surface area contributed by atoms with E-state index in [0.717, 1.165) is 113 Å². The number of hydrogen-bond donors (Lipinski definition) is 0. The Labute approximate surface area is 403 Å². The summed E-state index contributed by atoms with van der Waals surface area (Å²) in [7, 11) is 0. The molecule has 0 atom stereocenters. The fourth-order valence-corrected chi connectivity index (χ4v) is 12.5. The van der Waals surface area contributed by atoms with Gasteiger partial charge in [-0.25, -0.2) is 9.59 Å². The first-order valence-electron chi connectivity index (χ1n) is 23.7. The van der Waals surface area contributed by atoms with Crippen LogP contribution in [0, 0.1) is 70.0 Å². The Kier molecular flexibility index (Phi) is 21.4. The number of nitrogens with zero attached hydrogens (tertiary/aromatic N) is 2. The Bertz CT molecular complexity index is 2010. The normalized spacial score (nSPS) is 26.4. The molecule has 0 N–H and O–H groups in total. The van der Waals surface area contributed by atoms with Crippen LogP contribution in [0.2, 0.25) is 0 Å². The highest BCUT2D eigenvalue weighted by molar-refractivity contribution is 8.28. The molecule has 0 aromatic carbocycles. The molecule has 362 valence electrons. The van der Waals surface area contributed by atoms with E-state index in [4.69, 9.17) is 28.4 Å². The topological polar surface area (TPSA) is 205 Å². The molecule has 0 radical (unpaired) electrons. The van der Waals surface area contributed by atoms with E-state index in [-0.39, 0.29) is 78.5 Å². The molecule has 0 amide bonds. The van der Waals surface area contributed by atoms with E-state index in [9.17, 15) is 39.3 Å². The molecule has 4 fully saturated rings. The van der Waals surface area contributed by atoms with Gasteiger partial charge in [0, 0.05) is 12.2 Å². The second kappa shape index (κ2) is 27.1. The monoisotopic (exact) mass is 960 g/mol. The maximum atomic E-state index is 13.7. The number of allylic oxidation sites excluding steroid dienone is 2. The predicted octanol–water partition coefficient (Wildman–Crippen LogP) is 9.99. The summed E-state index contributed by atoms with van der Waals surface area (Å²) in [6.45, 7) is 13.1. The molecule has 4 aliphatic carbocycles. The highest BCUT2D eigenvalue weighted by atomic mass is 32.2. The minimum atomic E-state index is -0.558. The van der Waals surface area contributed by atoms with E-state index in [2.05, 4.69) is 19.7 Å². The van der Waals surface area contributed by atoms with Crippen molar-refractivity contribution < 1.29 is 57.2 Å². The molecule has 0 aromatic rings. The number of carbonyl (C=O) groups excluding carboxylic acids is 6. The van der Waals surface area contributed by atoms with Gasteiger partial charge in [0.15, 0.2) is 0 Å². The molecule has 0 aromatic heterocycles. The average Bonchev–Trinajstić information content (AvgIpc) is 3.80. The summed E-state index contributed by atoms with van der Waals surface area (Å²) in [6.07, 6.45) is 17.9. The van der Waals surface area contributed by atoms with Gasteiger partial charge in [0.1, 0.15) is 42.4 Å². The maximum absolute atomic E-state index is 13.7. The molecule has 14 nitrogen and oxygen atoms in total. The molecule has 1 heterocycles. The van der Waals surface area contributed by atoms with E-state index in [0.29, 0.717) is 82.9 Å². The van der Waals surface area contributed by atoms with Crippen molar-refractivity contribution in [1.29, 1.82) is 10.5 Å². The lowest BCUT2D eigenvalue weighted by Crippen LogP contribution is -2.31. The van der Waals surface area contributed by atoms with Crippen molar-refractivity contribution in [3.05, 3.63) is 69.1 Å². The minimum Gasteiger partial charge on any atom is -0.465 e. The third-order valence-electron chi connectivity index (χ3n) is 13.9. The number of ether oxygens (including phenoxy) is 6. The predicted molar refractivity (Wildman–Crippen MR) is 251 cm³/mol. The zero-order valence-electron chi connectivity index (χ0n) is 38.6. The third-order valence-corrected chi connectivity index (χ3v) is 16.5. The Morgan fingerprint density at radius 3 is 1.31 bits per heavy atom. The van der Waals surface area contributed by atoms with Crippen LogP contribution in [0.1, 0.15) is 122 Å². The number of nitriles is 2. The molecule has 67 heavy (non-hydrogen) atoms. The summed E-state index contributed by atoms with van der Waals surface area (Å²) < 4.78 is 33.0. The van der Waals surface area contributed by atoms with Crippen molar-refractivity contribution in [3.8, 4) is 12.1 Å². The van der Waals surface area contributed by atoms with Crippen molar-refractivity contribution >= 4 is 59.3 Å². The second-order valence-corrected chi connectivity index (χ2v) is 20.2. The van der Waals surface area contributed by atoms with E-state index < -0.39 is 17.9 Å². The largest absolute Gasteiger partial charge is 0.465 e. The molecule has 4 saturated carbocycles. The van der Waals surface area contributed by atoms with Crippen LogP contribution >= 0.6 is 23.5 Å². The number of thioether (sulfide) groups is 2. The summed E-state index contributed by atoms with van der Waals surface area (Å²) in [5, 5.41) is 19.4. The molecule has 0 unspecified atom stereocenters. The lowest BCUT2D eigenvalue weighted by Gasteiger charge is -2.36. The number of rotatable bonds is 20. The van der Waals surface area contributed by atoms with Gasteiger partial charge in [0.05, 0.1) is 50.9 Å².